The first-order valence-corrected chi connectivity index (χ1v) is 8.80. The Kier molecular flexibility index (Phi) is 3.52. The van der Waals surface area contributed by atoms with E-state index >= 15 is 0 Å². The second-order valence-corrected chi connectivity index (χ2v) is 8.03. The summed E-state index contributed by atoms with van der Waals surface area (Å²) in [6, 6.07) is 2.28. The number of aryl methyl sites for hydroxylation is 1. The molecule has 0 amide bonds. The second kappa shape index (κ2) is 5.30. The molecule has 2 aliphatic rings. The first-order chi connectivity index (χ1) is 10.6. The first-order valence-electron chi connectivity index (χ1n) is 7.61. The Bertz CT molecular complexity index is 700. The number of ether oxygens (including phenoxy) is 1. The molecular weight excluding hydrogens is 320 g/mol. The van der Waals surface area contributed by atoms with Crippen molar-refractivity contribution in [2.75, 3.05) is 13.2 Å². The summed E-state index contributed by atoms with van der Waals surface area (Å²) in [6.07, 6.45) is 3.82. The SMILES string of the molecule is CC1CO[C@]2(CCN[C@H](c3cn(C)nn3)C2)c2cc(Cl)sc21. The van der Waals surface area contributed by atoms with Crippen LogP contribution in [0.3, 0.4) is 0 Å². The molecule has 2 aliphatic heterocycles. The smallest absolute Gasteiger partial charge is 0.0997 e. The summed E-state index contributed by atoms with van der Waals surface area (Å²) in [4.78, 5) is 1.39. The van der Waals surface area contributed by atoms with Gasteiger partial charge in [0.15, 0.2) is 0 Å². The van der Waals surface area contributed by atoms with Crippen molar-refractivity contribution in [3.63, 3.8) is 0 Å². The van der Waals surface area contributed by atoms with Crippen LogP contribution in [-0.2, 0) is 17.4 Å². The quantitative estimate of drug-likeness (QED) is 0.868. The molecule has 5 nitrogen and oxygen atoms in total. The fourth-order valence-corrected chi connectivity index (χ4v) is 4.97. The van der Waals surface area contributed by atoms with Gasteiger partial charge in [-0.15, -0.1) is 16.4 Å². The normalized spacial score (nSPS) is 31.4. The van der Waals surface area contributed by atoms with Crippen LogP contribution in [0.15, 0.2) is 12.3 Å². The van der Waals surface area contributed by atoms with Crippen molar-refractivity contribution >= 4 is 22.9 Å². The molecule has 3 atom stereocenters. The zero-order valence-corrected chi connectivity index (χ0v) is 14.2. The highest BCUT2D eigenvalue weighted by molar-refractivity contribution is 7.16. The number of nitrogens with one attached hydrogen (secondary N) is 1. The lowest BCUT2D eigenvalue weighted by molar-refractivity contribution is -0.0958. The summed E-state index contributed by atoms with van der Waals surface area (Å²) in [5.41, 5.74) is 2.03. The van der Waals surface area contributed by atoms with Gasteiger partial charge < -0.3 is 10.1 Å². The summed E-state index contributed by atoms with van der Waals surface area (Å²) in [6.45, 7) is 3.87. The van der Waals surface area contributed by atoms with E-state index in [1.807, 2.05) is 13.2 Å². The van der Waals surface area contributed by atoms with Crippen molar-refractivity contribution in [2.24, 2.45) is 7.05 Å². The zero-order chi connectivity index (χ0) is 15.3. The first kappa shape index (κ1) is 14.6. The molecule has 1 unspecified atom stereocenters. The van der Waals surface area contributed by atoms with Gasteiger partial charge in [0.05, 0.1) is 28.3 Å². The molecular formula is C15H19ClN4OS. The van der Waals surface area contributed by atoms with E-state index in [-0.39, 0.29) is 11.6 Å². The van der Waals surface area contributed by atoms with E-state index in [1.165, 1.54) is 10.4 Å². The summed E-state index contributed by atoms with van der Waals surface area (Å²) in [5.74, 6) is 0.419. The van der Waals surface area contributed by atoms with Gasteiger partial charge in [-0.1, -0.05) is 23.7 Å². The molecule has 0 aromatic carbocycles. The van der Waals surface area contributed by atoms with E-state index < -0.39 is 0 Å². The van der Waals surface area contributed by atoms with E-state index in [0.29, 0.717) is 5.92 Å². The number of fused-ring (bicyclic) bond motifs is 2. The van der Waals surface area contributed by atoms with Gasteiger partial charge in [-0.05, 0) is 24.6 Å². The van der Waals surface area contributed by atoms with Crippen LogP contribution in [0.25, 0.3) is 0 Å². The molecule has 1 N–H and O–H groups in total. The van der Waals surface area contributed by atoms with Gasteiger partial charge in [0.2, 0.25) is 0 Å². The van der Waals surface area contributed by atoms with Crippen LogP contribution < -0.4 is 5.32 Å². The minimum atomic E-state index is -0.237. The van der Waals surface area contributed by atoms with Gasteiger partial charge in [0.25, 0.3) is 0 Å². The van der Waals surface area contributed by atoms with Gasteiger partial charge in [0, 0.05) is 30.5 Å². The topological polar surface area (TPSA) is 52.0 Å². The van der Waals surface area contributed by atoms with Gasteiger partial charge in [-0.25, -0.2) is 0 Å². The number of piperidine rings is 1. The summed E-state index contributed by atoms with van der Waals surface area (Å²) in [7, 11) is 1.89. The molecule has 1 spiro atoms. The zero-order valence-electron chi connectivity index (χ0n) is 12.7. The predicted molar refractivity (Wildman–Crippen MR) is 86.4 cm³/mol. The van der Waals surface area contributed by atoms with E-state index in [2.05, 4.69) is 28.6 Å². The highest BCUT2D eigenvalue weighted by atomic mass is 35.5. The van der Waals surface area contributed by atoms with Crippen molar-refractivity contribution in [1.82, 2.24) is 20.3 Å². The van der Waals surface area contributed by atoms with Gasteiger partial charge in [-0.2, -0.15) is 0 Å². The van der Waals surface area contributed by atoms with Crippen molar-refractivity contribution in [3.8, 4) is 0 Å². The average Bonchev–Trinajstić information content (AvgIpc) is 3.11. The van der Waals surface area contributed by atoms with Gasteiger partial charge in [-0.3, -0.25) is 4.68 Å². The largest absolute Gasteiger partial charge is 0.369 e. The molecule has 0 saturated carbocycles. The third-order valence-electron chi connectivity index (χ3n) is 4.71. The molecule has 0 aliphatic carbocycles. The maximum atomic E-state index is 6.37. The van der Waals surface area contributed by atoms with Crippen molar-refractivity contribution < 1.29 is 4.74 Å². The van der Waals surface area contributed by atoms with E-state index in [9.17, 15) is 0 Å². The highest BCUT2D eigenvalue weighted by Crippen LogP contribution is 2.50. The number of thiophene rings is 1. The molecule has 22 heavy (non-hydrogen) atoms. The van der Waals surface area contributed by atoms with Gasteiger partial charge in [0.1, 0.15) is 0 Å². The minimum absolute atomic E-state index is 0.169. The number of aromatic nitrogens is 3. The van der Waals surface area contributed by atoms with Crippen LogP contribution in [0, 0.1) is 0 Å². The molecule has 7 heteroatoms. The van der Waals surface area contributed by atoms with Crippen LogP contribution in [-0.4, -0.2) is 28.1 Å². The third-order valence-corrected chi connectivity index (χ3v) is 6.21. The molecule has 4 heterocycles. The van der Waals surface area contributed by atoms with E-state index in [4.69, 9.17) is 16.3 Å². The predicted octanol–water partition coefficient (Wildman–Crippen LogP) is 2.98. The Morgan fingerprint density at radius 1 is 1.55 bits per heavy atom. The number of hydrogen-bond donors (Lipinski definition) is 1. The Hall–Kier alpha value is -0.950. The molecule has 2 aromatic rings. The molecule has 1 fully saturated rings. The molecule has 1 saturated heterocycles. The fourth-order valence-electron chi connectivity index (χ4n) is 3.60. The lowest BCUT2D eigenvalue weighted by atomic mass is 9.78. The molecule has 0 bridgehead atoms. The highest BCUT2D eigenvalue weighted by Gasteiger charge is 2.45. The number of hydrogen-bond acceptors (Lipinski definition) is 5. The Balaban J connectivity index is 1.70. The van der Waals surface area contributed by atoms with E-state index in [0.717, 1.165) is 36.0 Å². The molecule has 2 aromatic heterocycles. The minimum Gasteiger partial charge on any atom is -0.369 e. The van der Waals surface area contributed by atoms with Crippen molar-refractivity contribution in [1.29, 1.82) is 0 Å². The summed E-state index contributed by atoms with van der Waals surface area (Å²) in [5, 5.41) is 11.9. The van der Waals surface area contributed by atoms with Crippen LogP contribution in [0.5, 0.6) is 0 Å². The number of nitrogens with zero attached hydrogens (tertiary/aromatic N) is 3. The van der Waals surface area contributed by atoms with Crippen molar-refractivity contribution in [2.45, 2.75) is 37.3 Å². The Morgan fingerprint density at radius 2 is 2.41 bits per heavy atom. The molecule has 118 valence electrons. The van der Waals surface area contributed by atoms with Crippen molar-refractivity contribution in [3.05, 3.63) is 32.7 Å². The maximum Gasteiger partial charge on any atom is 0.0997 e. The van der Waals surface area contributed by atoms with Gasteiger partial charge >= 0.3 is 0 Å². The van der Waals surface area contributed by atoms with Crippen LogP contribution >= 0.6 is 22.9 Å². The Labute approximate surface area is 138 Å². The lowest BCUT2D eigenvalue weighted by Gasteiger charge is -2.44. The lowest BCUT2D eigenvalue weighted by Crippen LogP contribution is -2.46. The fraction of sp³-hybridized carbons (Fsp3) is 0.600. The Morgan fingerprint density at radius 3 is 3.18 bits per heavy atom. The van der Waals surface area contributed by atoms with Crippen LogP contribution in [0.2, 0.25) is 4.34 Å². The van der Waals surface area contributed by atoms with Crippen LogP contribution in [0.4, 0.5) is 0 Å². The third kappa shape index (κ3) is 2.29. The summed E-state index contributed by atoms with van der Waals surface area (Å²) < 4.78 is 8.97. The van der Waals surface area contributed by atoms with E-state index in [1.54, 1.807) is 16.0 Å². The monoisotopic (exact) mass is 338 g/mol. The summed E-state index contributed by atoms with van der Waals surface area (Å²) >= 11 is 8.00. The van der Waals surface area contributed by atoms with Crippen LogP contribution in [0.1, 0.15) is 47.9 Å². The molecule has 0 radical (unpaired) electrons. The maximum absolute atomic E-state index is 6.37. The second-order valence-electron chi connectivity index (χ2n) is 6.31. The number of rotatable bonds is 1. The molecule has 4 rings (SSSR count). The number of halogens is 1. The average molecular weight is 339 g/mol. The standard InChI is InChI=1S/C15H19ClN4OS/c1-9-8-21-15(10-5-13(16)22-14(9)10)3-4-17-11(6-15)12-7-20(2)19-18-12/h5,7,9,11,17H,3-4,6,8H2,1-2H3/t9?,11-,15-/m0/s1.